The van der Waals surface area contributed by atoms with Gasteiger partial charge in [0.25, 0.3) is 0 Å². The molecule has 0 saturated heterocycles. The van der Waals surface area contributed by atoms with Crippen molar-refractivity contribution < 1.29 is 0 Å². The standard InChI is InChI=1S/C16H19ClN4.HI/c1-12-6-5-8-14(21-12)11-20-16(18-2)19-10-13-7-3-4-9-15(13)17;/h3-9H,10-11H2,1-2H3,(H2,18,19,20);1H. The zero-order valence-electron chi connectivity index (χ0n) is 12.6. The number of aliphatic imine (C=N–C) groups is 1. The summed E-state index contributed by atoms with van der Waals surface area (Å²) in [5.41, 5.74) is 3.03. The minimum Gasteiger partial charge on any atom is -0.352 e. The van der Waals surface area contributed by atoms with E-state index in [1.807, 2.05) is 49.4 Å². The molecule has 0 spiro atoms. The first-order chi connectivity index (χ1) is 10.2. The van der Waals surface area contributed by atoms with E-state index in [0.717, 1.165) is 27.9 Å². The molecule has 1 aromatic carbocycles. The SMILES string of the molecule is CN=C(NCc1cccc(C)n1)NCc1ccccc1Cl.I. The molecule has 1 aromatic heterocycles. The van der Waals surface area contributed by atoms with E-state index < -0.39 is 0 Å². The Hall–Kier alpha value is -1.34. The van der Waals surface area contributed by atoms with Gasteiger partial charge in [0.05, 0.1) is 12.2 Å². The second-order valence-electron chi connectivity index (χ2n) is 4.64. The normalized spacial score (nSPS) is 10.8. The van der Waals surface area contributed by atoms with Crippen molar-refractivity contribution in [2.45, 2.75) is 20.0 Å². The summed E-state index contributed by atoms with van der Waals surface area (Å²) >= 11 is 6.13. The van der Waals surface area contributed by atoms with Crippen LogP contribution in [0.1, 0.15) is 17.0 Å². The number of guanidine groups is 1. The van der Waals surface area contributed by atoms with Crippen molar-refractivity contribution in [2.24, 2.45) is 4.99 Å². The lowest BCUT2D eigenvalue weighted by Crippen LogP contribution is -2.36. The number of nitrogens with zero attached hydrogens (tertiary/aromatic N) is 2. The zero-order chi connectivity index (χ0) is 15.1. The van der Waals surface area contributed by atoms with Crippen molar-refractivity contribution in [1.29, 1.82) is 0 Å². The topological polar surface area (TPSA) is 49.3 Å². The van der Waals surface area contributed by atoms with Gasteiger partial charge in [-0.05, 0) is 30.7 Å². The molecule has 0 saturated carbocycles. The number of halogens is 2. The third-order valence-corrected chi connectivity index (χ3v) is 3.38. The molecule has 2 N–H and O–H groups in total. The maximum atomic E-state index is 6.13. The fraction of sp³-hybridized carbons (Fsp3) is 0.250. The number of aromatic nitrogens is 1. The third kappa shape index (κ3) is 5.81. The molecule has 0 atom stereocenters. The molecule has 2 aromatic rings. The van der Waals surface area contributed by atoms with Crippen LogP contribution in [-0.4, -0.2) is 18.0 Å². The number of hydrogen-bond donors (Lipinski definition) is 2. The largest absolute Gasteiger partial charge is 0.352 e. The molecule has 0 unspecified atom stereocenters. The van der Waals surface area contributed by atoms with E-state index >= 15 is 0 Å². The van der Waals surface area contributed by atoms with Crippen LogP contribution < -0.4 is 10.6 Å². The van der Waals surface area contributed by atoms with Gasteiger partial charge in [-0.15, -0.1) is 24.0 Å². The lowest BCUT2D eigenvalue weighted by Gasteiger charge is -2.12. The highest BCUT2D eigenvalue weighted by Gasteiger charge is 2.02. The molecule has 4 nitrogen and oxygen atoms in total. The summed E-state index contributed by atoms with van der Waals surface area (Å²) in [5, 5.41) is 7.22. The van der Waals surface area contributed by atoms with Gasteiger partial charge < -0.3 is 10.6 Å². The van der Waals surface area contributed by atoms with Crippen molar-refractivity contribution in [3.8, 4) is 0 Å². The van der Waals surface area contributed by atoms with Gasteiger partial charge in [0.15, 0.2) is 5.96 Å². The highest BCUT2D eigenvalue weighted by atomic mass is 127. The van der Waals surface area contributed by atoms with Crippen LogP contribution in [0, 0.1) is 6.92 Å². The summed E-state index contributed by atoms with van der Waals surface area (Å²) in [6, 6.07) is 13.7. The number of nitrogens with one attached hydrogen (secondary N) is 2. The first-order valence-corrected chi connectivity index (χ1v) is 7.17. The predicted molar refractivity (Wildman–Crippen MR) is 103 cm³/mol. The van der Waals surface area contributed by atoms with Crippen molar-refractivity contribution in [3.05, 3.63) is 64.4 Å². The van der Waals surface area contributed by atoms with Crippen LogP contribution in [0.25, 0.3) is 0 Å². The van der Waals surface area contributed by atoms with Crippen molar-refractivity contribution in [2.75, 3.05) is 7.05 Å². The number of pyridine rings is 1. The smallest absolute Gasteiger partial charge is 0.191 e. The molecule has 0 fully saturated rings. The molecule has 0 bridgehead atoms. The molecule has 0 aliphatic carbocycles. The minimum absolute atomic E-state index is 0. The molecule has 0 amide bonds. The minimum atomic E-state index is 0. The molecule has 6 heteroatoms. The fourth-order valence-electron chi connectivity index (χ4n) is 1.91. The lowest BCUT2D eigenvalue weighted by atomic mass is 10.2. The van der Waals surface area contributed by atoms with Crippen LogP contribution in [0.5, 0.6) is 0 Å². The summed E-state index contributed by atoms with van der Waals surface area (Å²) in [7, 11) is 1.74. The molecule has 22 heavy (non-hydrogen) atoms. The summed E-state index contributed by atoms with van der Waals surface area (Å²) in [5.74, 6) is 0.721. The summed E-state index contributed by atoms with van der Waals surface area (Å²) in [6.07, 6.45) is 0. The van der Waals surface area contributed by atoms with Crippen LogP contribution in [0.2, 0.25) is 5.02 Å². The van der Waals surface area contributed by atoms with Crippen molar-refractivity contribution in [3.63, 3.8) is 0 Å². The molecule has 118 valence electrons. The van der Waals surface area contributed by atoms with E-state index in [0.29, 0.717) is 13.1 Å². The van der Waals surface area contributed by atoms with Gasteiger partial charge in [0.1, 0.15) is 0 Å². The number of hydrogen-bond acceptors (Lipinski definition) is 2. The Balaban J connectivity index is 0.00000242. The summed E-state index contributed by atoms with van der Waals surface area (Å²) in [4.78, 5) is 8.64. The van der Waals surface area contributed by atoms with Gasteiger partial charge in [-0.1, -0.05) is 35.9 Å². The van der Waals surface area contributed by atoms with E-state index in [2.05, 4.69) is 20.6 Å². The fourth-order valence-corrected chi connectivity index (χ4v) is 2.12. The second-order valence-corrected chi connectivity index (χ2v) is 5.05. The van der Waals surface area contributed by atoms with E-state index in [-0.39, 0.29) is 24.0 Å². The van der Waals surface area contributed by atoms with Crippen molar-refractivity contribution >= 4 is 41.5 Å². The van der Waals surface area contributed by atoms with E-state index in [1.165, 1.54) is 0 Å². The maximum Gasteiger partial charge on any atom is 0.191 e. The Morgan fingerprint density at radius 2 is 1.82 bits per heavy atom. The summed E-state index contributed by atoms with van der Waals surface area (Å²) in [6.45, 7) is 3.23. The van der Waals surface area contributed by atoms with Crippen molar-refractivity contribution in [1.82, 2.24) is 15.6 Å². The third-order valence-electron chi connectivity index (χ3n) is 3.01. The molecular weight excluding hydrogens is 411 g/mol. The van der Waals surface area contributed by atoms with Gasteiger partial charge in [0.2, 0.25) is 0 Å². The number of rotatable bonds is 4. The van der Waals surface area contributed by atoms with Crippen LogP contribution >= 0.6 is 35.6 Å². The summed E-state index contributed by atoms with van der Waals surface area (Å²) < 4.78 is 0. The first-order valence-electron chi connectivity index (χ1n) is 6.79. The van der Waals surface area contributed by atoms with Crippen LogP contribution in [0.15, 0.2) is 47.5 Å². The van der Waals surface area contributed by atoms with Gasteiger partial charge in [-0.2, -0.15) is 0 Å². The van der Waals surface area contributed by atoms with Gasteiger partial charge in [-0.3, -0.25) is 9.98 Å². The van der Waals surface area contributed by atoms with E-state index in [9.17, 15) is 0 Å². The maximum absolute atomic E-state index is 6.13. The van der Waals surface area contributed by atoms with Crippen LogP contribution in [0.3, 0.4) is 0 Å². The Labute approximate surface area is 153 Å². The highest BCUT2D eigenvalue weighted by Crippen LogP contribution is 2.14. The predicted octanol–water partition coefficient (Wildman–Crippen LogP) is 3.53. The Morgan fingerprint density at radius 3 is 2.50 bits per heavy atom. The average Bonchev–Trinajstić information content (AvgIpc) is 2.49. The zero-order valence-corrected chi connectivity index (χ0v) is 15.7. The lowest BCUT2D eigenvalue weighted by molar-refractivity contribution is 0.792. The number of aryl methyl sites for hydroxylation is 1. The van der Waals surface area contributed by atoms with Gasteiger partial charge in [-0.25, -0.2) is 0 Å². The molecule has 0 aliphatic heterocycles. The van der Waals surface area contributed by atoms with Crippen LogP contribution in [-0.2, 0) is 13.1 Å². The first kappa shape index (κ1) is 18.7. The van der Waals surface area contributed by atoms with Gasteiger partial charge >= 0.3 is 0 Å². The quantitative estimate of drug-likeness (QED) is 0.443. The molecule has 0 aliphatic rings. The van der Waals surface area contributed by atoms with Gasteiger partial charge in [0, 0.05) is 24.3 Å². The molecule has 2 rings (SSSR count). The Kier molecular flexibility index (Phi) is 8.19. The second kappa shape index (κ2) is 9.63. The van der Waals surface area contributed by atoms with E-state index in [1.54, 1.807) is 7.05 Å². The molecular formula is C16H20ClIN4. The van der Waals surface area contributed by atoms with E-state index in [4.69, 9.17) is 11.6 Å². The van der Waals surface area contributed by atoms with Crippen LogP contribution in [0.4, 0.5) is 0 Å². The Morgan fingerprint density at radius 1 is 1.09 bits per heavy atom. The number of benzene rings is 1. The monoisotopic (exact) mass is 430 g/mol. The average molecular weight is 431 g/mol. The highest BCUT2D eigenvalue weighted by molar-refractivity contribution is 14.0. The molecule has 1 heterocycles. The Bertz CT molecular complexity index is 631. The molecule has 0 radical (unpaired) electrons.